The van der Waals surface area contributed by atoms with Crippen LogP contribution < -0.4 is 16.1 Å². The molecular formula is C23H31ClN4O. The number of likely N-dealkylation sites (N-methyl/N-ethyl adjacent to an activating group) is 1. The second-order valence-electron chi connectivity index (χ2n) is 6.67. The molecule has 29 heavy (non-hydrogen) atoms. The molecule has 0 radical (unpaired) electrons. The standard InChI is InChI=1S/C12H13ClN2.C11H18N2O/c1-3-9-6-10(13)4-5-11(9)12-8(2)7-14-15-12;1-8(10(3)12-5)6-7-9(2)13-11(4)14/h4-6,14H,2-3,7H2,1H3;12H,1-3,6-7H2,4-5H3,(H,13,14). The number of halogens is 1. The van der Waals surface area contributed by atoms with Crippen molar-refractivity contribution >= 4 is 23.2 Å². The Balaban J connectivity index is 0.000000291. The summed E-state index contributed by atoms with van der Waals surface area (Å²) < 4.78 is 0. The molecule has 1 aliphatic heterocycles. The number of hydrogen-bond acceptors (Lipinski definition) is 4. The number of hydrazone groups is 1. The molecule has 0 saturated heterocycles. The van der Waals surface area contributed by atoms with Crippen molar-refractivity contribution in [1.82, 2.24) is 16.1 Å². The zero-order valence-electron chi connectivity index (χ0n) is 17.6. The average Bonchev–Trinajstić information content (AvgIpc) is 3.10. The van der Waals surface area contributed by atoms with Crippen LogP contribution in [0.25, 0.3) is 0 Å². The van der Waals surface area contributed by atoms with Crippen LogP contribution in [-0.2, 0) is 11.2 Å². The maximum atomic E-state index is 10.7. The largest absolute Gasteiger partial charge is 0.388 e. The predicted octanol–water partition coefficient (Wildman–Crippen LogP) is 4.47. The highest BCUT2D eigenvalue weighted by molar-refractivity contribution is 6.31. The van der Waals surface area contributed by atoms with Gasteiger partial charge < -0.3 is 16.1 Å². The van der Waals surface area contributed by atoms with Gasteiger partial charge in [0.2, 0.25) is 5.91 Å². The van der Waals surface area contributed by atoms with Crippen molar-refractivity contribution in [2.24, 2.45) is 5.10 Å². The molecule has 0 aliphatic carbocycles. The number of carbonyl (C=O) groups is 1. The summed E-state index contributed by atoms with van der Waals surface area (Å²) >= 11 is 5.96. The highest BCUT2D eigenvalue weighted by Gasteiger charge is 2.16. The third-order valence-electron chi connectivity index (χ3n) is 4.33. The fourth-order valence-electron chi connectivity index (χ4n) is 2.65. The van der Waals surface area contributed by atoms with Gasteiger partial charge in [-0.15, -0.1) is 0 Å². The minimum Gasteiger partial charge on any atom is -0.388 e. The number of benzene rings is 1. The van der Waals surface area contributed by atoms with Crippen molar-refractivity contribution in [2.75, 3.05) is 13.6 Å². The molecule has 0 spiro atoms. The van der Waals surface area contributed by atoms with E-state index in [1.807, 2.05) is 18.2 Å². The Bertz CT molecular complexity index is 839. The molecule has 1 amide bonds. The second kappa shape index (κ2) is 11.9. The van der Waals surface area contributed by atoms with Gasteiger partial charge in [-0.2, -0.15) is 5.10 Å². The molecule has 5 nitrogen and oxygen atoms in total. The highest BCUT2D eigenvalue weighted by atomic mass is 35.5. The van der Waals surface area contributed by atoms with E-state index in [1.54, 1.807) is 7.05 Å². The first kappa shape index (κ1) is 24.2. The van der Waals surface area contributed by atoms with Gasteiger partial charge in [0.15, 0.2) is 0 Å². The van der Waals surface area contributed by atoms with Crippen molar-refractivity contribution in [3.05, 3.63) is 83.2 Å². The molecule has 0 aromatic heterocycles. The zero-order chi connectivity index (χ0) is 22.0. The van der Waals surface area contributed by atoms with Crippen LogP contribution in [-0.4, -0.2) is 25.2 Å². The van der Waals surface area contributed by atoms with Crippen LogP contribution in [0.1, 0.15) is 37.8 Å². The van der Waals surface area contributed by atoms with Gasteiger partial charge in [-0.25, -0.2) is 0 Å². The van der Waals surface area contributed by atoms with Crippen molar-refractivity contribution in [3.8, 4) is 0 Å². The Kier molecular flexibility index (Phi) is 9.97. The molecule has 1 aromatic carbocycles. The molecule has 3 N–H and O–H groups in total. The first-order chi connectivity index (χ1) is 13.7. The van der Waals surface area contributed by atoms with Crippen LogP contribution in [0.3, 0.4) is 0 Å². The summed E-state index contributed by atoms with van der Waals surface area (Å²) in [5.74, 6) is -0.0898. The van der Waals surface area contributed by atoms with E-state index >= 15 is 0 Å². The Morgan fingerprint density at radius 3 is 2.48 bits per heavy atom. The van der Waals surface area contributed by atoms with Crippen LogP contribution in [0, 0.1) is 0 Å². The van der Waals surface area contributed by atoms with Crippen LogP contribution >= 0.6 is 11.6 Å². The lowest BCUT2D eigenvalue weighted by atomic mass is 9.97. The van der Waals surface area contributed by atoms with E-state index in [1.165, 1.54) is 12.5 Å². The first-order valence-electron chi connectivity index (χ1n) is 9.47. The number of aryl methyl sites for hydroxylation is 1. The lowest BCUT2D eigenvalue weighted by Crippen LogP contribution is -2.18. The van der Waals surface area contributed by atoms with Crippen molar-refractivity contribution in [2.45, 2.75) is 33.1 Å². The molecule has 1 aliphatic rings. The van der Waals surface area contributed by atoms with Gasteiger partial charge >= 0.3 is 0 Å². The zero-order valence-corrected chi connectivity index (χ0v) is 18.4. The number of amides is 1. The SMILES string of the molecule is C=C(CCC(=C)C(=C)NC)NC(C)=O.C=C1CNN=C1c1ccc(Cl)cc1CC. The summed E-state index contributed by atoms with van der Waals surface area (Å²) in [6.45, 7) is 19.7. The Labute approximate surface area is 179 Å². The summed E-state index contributed by atoms with van der Waals surface area (Å²) in [6.07, 6.45) is 2.39. The Morgan fingerprint density at radius 2 is 1.97 bits per heavy atom. The summed E-state index contributed by atoms with van der Waals surface area (Å²) in [4.78, 5) is 10.7. The number of nitrogens with zero attached hydrogens (tertiary/aromatic N) is 1. The van der Waals surface area contributed by atoms with Gasteiger partial charge in [0.05, 0.1) is 12.3 Å². The summed E-state index contributed by atoms with van der Waals surface area (Å²) in [5.41, 5.74) is 9.75. The van der Waals surface area contributed by atoms with Crippen molar-refractivity contribution in [1.29, 1.82) is 0 Å². The van der Waals surface area contributed by atoms with E-state index in [0.29, 0.717) is 12.1 Å². The molecule has 6 heteroatoms. The number of hydrogen-bond donors (Lipinski definition) is 3. The van der Waals surface area contributed by atoms with Crippen LogP contribution in [0.2, 0.25) is 5.02 Å². The molecule has 0 unspecified atom stereocenters. The van der Waals surface area contributed by atoms with Crippen LogP contribution in [0.15, 0.2) is 72.2 Å². The molecule has 0 bridgehead atoms. The Hall–Kier alpha value is -2.79. The average molecular weight is 415 g/mol. The van der Waals surface area contributed by atoms with Gasteiger partial charge in [0.25, 0.3) is 0 Å². The molecule has 1 aromatic rings. The smallest absolute Gasteiger partial charge is 0.220 e. The van der Waals surface area contributed by atoms with E-state index in [-0.39, 0.29) is 5.91 Å². The Morgan fingerprint density at radius 1 is 1.28 bits per heavy atom. The first-order valence-corrected chi connectivity index (χ1v) is 9.85. The molecule has 2 rings (SSSR count). The summed E-state index contributed by atoms with van der Waals surface area (Å²) in [7, 11) is 1.80. The van der Waals surface area contributed by atoms with E-state index in [0.717, 1.165) is 52.5 Å². The van der Waals surface area contributed by atoms with Gasteiger partial charge in [-0.05, 0) is 48.1 Å². The maximum absolute atomic E-state index is 10.7. The van der Waals surface area contributed by atoms with Gasteiger partial charge in [-0.3, -0.25) is 4.79 Å². The molecule has 0 saturated carbocycles. The minimum absolute atomic E-state index is 0.0898. The van der Waals surface area contributed by atoms with Crippen molar-refractivity contribution < 1.29 is 4.79 Å². The highest BCUT2D eigenvalue weighted by Crippen LogP contribution is 2.21. The van der Waals surface area contributed by atoms with E-state index in [4.69, 9.17) is 11.6 Å². The van der Waals surface area contributed by atoms with Gasteiger partial charge in [-0.1, -0.05) is 50.9 Å². The topological polar surface area (TPSA) is 65.5 Å². The third-order valence-corrected chi connectivity index (χ3v) is 4.57. The van der Waals surface area contributed by atoms with E-state index in [9.17, 15) is 4.79 Å². The van der Waals surface area contributed by atoms with Crippen molar-refractivity contribution in [3.63, 3.8) is 0 Å². The minimum atomic E-state index is -0.0898. The molecule has 0 atom stereocenters. The molecule has 156 valence electrons. The fourth-order valence-corrected chi connectivity index (χ4v) is 2.85. The third kappa shape index (κ3) is 8.00. The summed E-state index contributed by atoms with van der Waals surface area (Å²) in [6, 6.07) is 5.90. The predicted molar refractivity (Wildman–Crippen MR) is 124 cm³/mol. The molecular weight excluding hydrogens is 384 g/mol. The number of allylic oxidation sites excluding steroid dienone is 2. The quantitative estimate of drug-likeness (QED) is 0.550. The number of rotatable bonds is 8. The molecule has 0 fully saturated rings. The van der Waals surface area contributed by atoms with E-state index in [2.05, 4.69) is 54.4 Å². The molecule has 1 heterocycles. The normalized spacial score (nSPS) is 12.1. The number of carbonyl (C=O) groups excluding carboxylic acids is 1. The maximum Gasteiger partial charge on any atom is 0.220 e. The van der Waals surface area contributed by atoms with E-state index < -0.39 is 0 Å². The lowest BCUT2D eigenvalue weighted by Gasteiger charge is -2.10. The number of nitrogens with one attached hydrogen (secondary N) is 3. The summed E-state index contributed by atoms with van der Waals surface area (Å²) in [5, 5.41) is 10.6. The monoisotopic (exact) mass is 414 g/mol. The second-order valence-corrected chi connectivity index (χ2v) is 7.11. The van der Waals surface area contributed by atoms with Crippen LogP contribution in [0.4, 0.5) is 0 Å². The van der Waals surface area contributed by atoms with Gasteiger partial charge in [0, 0.05) is 36.0 Å². The van der Waals surface area contributed by atoms with Gasteiger partial charge in [0.1, 0.15) is 0 Å². The fraction of sp³-hybridized carbons (Fsp3) is 0.304. The lowest BCUT2D eigenvalue weighted by molar-refractivity contribution is -0.118. The van der Waals surface area contributed by atoms with Crippen LogP contribution in [0.5, 0.6) is 0 Å².